The number of amides is 1. The van der Waals surface area contributed by atoms with E-state index < -0.39 is 0 Å². The number of rotatable bonds is 4. The van der Waals surface area contributed by atoms with Crippen molar-refractivity contribution in [3.05, 3.63) is 29.3 Å². The number of benzene rings is 1. The van der Waals surface area contributed by atoms with E-state index >= 15 is 0 Å². The fourth-order valence-electron chi connectivity index (χ4n) is 2.92. The third-order valence-electron chi connectivity index (χ3n) is 4.32. The molecule has 2 atom stereocenters. The lowest BCUT2D eigenvalue weighted by Gasteiger charge is -2.16. The number of carbonyl (C=O) groups is 1. The Kier molecular flexibility index (Phi) is 4.46. The summed E-state index contributed by atoms with van der Waals surface area (Å²) in [6, 6.07) is 5.85. The number of nitrogens with one attached hydrogen (secondary N) is 2. The molecule has 104 valence electrons. The standard InChI is InChI=1S/C16H24N2O/c1-11-5-4-6-13(11)10-18-16(19)15-8-7-14(17-3)9-12(15)2/h7-9,11,13,17H,4-6,10H2,1-3H3,(H,18,19). The second-order valence-electron chi connectivity index (χ2n) is 5.66. The van der Waals surface area contributed by atoms with E-state index in [1.807, 2.05) is 32.2 Å². The van der Waals surface area contributed by atoms with Gasteiger partial charge in [0, 0.05) is 24.8 Å². The molecule has 2 rings (SSSR count). The van der Waals surface area contributed by atoms with Gasteiger partial charge in [-0.2, -0.15) is 0 Å². The second-order valence-corrected chi connectivity index (χ2v) is 5.66. The molecule has 1 fully saturated rings. The minimum atomic E-state index is 0.0549. The van der Waals surface area contributed by atoms with Gasteiger partial charge in [0.25, 0.3) is 5.91 Å². The first-order valence-electron chi connectivity index (χ1n) is 7.18. The summed E-state index contributed by atoms with van der Waals surface area (Å²) in [6.07, 6.45) is 3.85. The number of aryl methyl sites for hydroxylation is 1. The average Bonchev–Trinajstić information content (AvgIpc) is 2.81. The highest BCUT2D eigenvalue weighted by molar-refractivity contribution is 5.96. The van der Waals surface area contributed by atoms with Crippen molar-refractivity contribution in [1.82, 2.24) is 5.32 Å². The van der Waals surface area contributed by atoms with Gasteiger partial charge in [-0.3, -0.25) is 4.79 Å². The summed E-state index contributed by atoms with van der Waals surface area (Å²) in [5, 5.41) is 6.18. The highest BCUT2D eigenvalue weighted by Gasteiger charge is 2.23. The summed E-state index contributed by atoms with van der Waals surface area (Å²) < 4.78 is 0. The van der Waals surface area contributed by atoms with Crippen LogP contribution in [0.25, 0.3) is 0 Å². The van der Waals surface area contributed by atoms with Crippen LogP contribution in [0.15, 0.2) is 18.2 Å². The van der Waals surface area contributed by atoms with Crippen molar-refractivity contribution in [1.29, 1.82) is 0 Å². The highest BCUT2D eigenvalue weighted by atomic mass is 16.1. The highest BCUT2D eigenvalue weighted by Crippen LogP contribution is 2.30. The molecule has 0 aliphatic heterocycles. The maximum absolute atomic E-state index is 12.2. The Morgan fingerprint density at radius 3 is 2.74 bits per heavy atom. The minimum absolute atomic E-state index is 0.0549. The monoisotopic (exact) mass is 260 g/mol. The van der Waals surface area contributed by atoms with E-state index in [1.54, 1.807) is 0 Å². The van der Waals surface area contributed by atoms with Gasteiger partial charge in [0.1, 0.15) is 0 Å². The van der Waals surface area contributed by atoms with E-state index in [0.717, 1.165) is 29.3 Å². The van der Waals surface area contributed by atoms with Crippen molar-refractivity contribution in [2.45, 2.75) is 33.1 Å². The first-order valence-corrected chi connectivity index (χ1v) is 7.18. The number of hydrogen-bond acceptors (Lipinski definition) is 2. The van der Waals surface area contributed by atoms with Crippen molar-refractivity contribution in [3.63, 3.8) is 0 Å². The molecule has 0 bridgehead atoms. The van der Waals surface area contributed by atoms with Gasteiger partial charge < -0.3 is 10.6 Å². The zero-order valence-corrected chi connectivity index (χ0v) is 12.1. The molecule has 2 N–H and O–H groups in total. The molecule has 1 amide bonds. The maximum Gasteiger partial charge on any atom is 0.251 e. The van der Waals surface area contributed by atoms with Crippen molar-refractivity contribution < 1.29 is 4.79 Å². The molecule has 3 heteroatoms. The van der Waals surface area contributed by atoms with E-state index in [1.165, 1.54) is 19.3 Å². The Hall–Kier alpha value is -1.51. The molecule has 0 aromatic heterocycles. The second kappa shape index (κ2) is 6.09. The largest absolute Gasteiger partial charge is 0.388 e. The average molecular weight is 260 g/mol. The fourth-order valence-corrected chi connectivity index (χ4v) is 2.92. The van der Waals surface area contributed by atoms with Crippen LogP contribution < -0.4 is 10.6 Å². The predicted molar refractivity (Wildman–Crippen MR) is 79.6 cm³/mol. The SMILES string of the molecule is CNc1ccc(C(=O)NCC2CCCC2C)c(C)c1. The van der Waals surface area contributed by atoms with Crippen LogP contribution in [0, 0.1) is 18.8 Å². The van der Waals surface area contributed by atoms with Crippen LogP contribution in [-0.4, -0.2) is 19.5 Å². The molecule has 0 heterocycles. The van der Waals surface area contributed by atoms with Gasteiger partial charge in [-0.1, -0.05) is 19.8 Å². The summed E-state index contributed by atoms with van der Waals surface area (Å²) in [7, 11) is 1.88. The van der Waals surface area contributed by atoms with E-state index in [0.29, 0.717) is 5.92 Å². The first kappa shape index (κ1) is 13.9. The topological polar surface area (TPSA) is 41.1 Å². The van der Waals surface area contributed by atoms with Crippen LogP contribution in [0.1, 0.15) is 42.1 Å². The fraction of sp³-hybridized carbons (Fsp3) is 0.562. The normalized spacial score (nSPS) is 22.3. The Bertz CT molecular complexity index is 456. The summed E-state index contributed by atoms with van der Waals surface area (Å²) in [5.41, 5.74) is 2.84. The van der Waals surface area contributed by atoms with Crippen LogP contribution in [0.2, 0.25) is 0 Å². The molecule has 0 saturated heterocycles. The molecule has 1 saturated carbocycles. The van der Waals surface area contributed by atoms with Crippen LogP contribution in [0.5, 0.6) is 0 Å². The number of anilines is 1. The molecule has 0 radical (unpaired) electrons. The third kappa shape index (κ3) is 3.28. The van der Waals surface area contributed by atoms with Crippen molar-refractivity contribution in [2.75, 3.05) is 18.9 Å². The third-order valence-corrected chi connectivity index (χ3v) is 4.32. The van der Waals surface area contributed by atoms with Gasteiger partial charge in [0.15, 0.2) is 0 Å². The molecule has 0 spiro atoms. The van der Waals surface area contributed by atoms with Gasteiger partial charge in [-0.25, -0.2) is 0 Å². The van der Waals surface area contributed by atoms with E-state index in [4.69, 9.17) is 0 Å². The molecule has 19 heavy (non-hydrogen) atoms. The van der Waals surface area contributed by atoms with Crippen LogP contribution in [0.3, 0.4) is 0 Å². The molecule has 1 aliphatic carbocycles. The van der Waals surface area contributed by atoms with Crippen molar-refractivity contribution >= 4 is 11.6 Å². The van der Waals surface area contributed by atoms with Gasteiger partial charge in [-0.15, -0.1) is 0 Å². The molecule has 1 aromatic carbocycles. The quantitative estimate of drug-likeness (QED) is 0.873. The molecule has 1 aromatic rings. The smallest absolute Gasteiger partial charge is 0.251 e. The van der Waals surface area contributed by atoms with E-state index in [-0.39, 0.29) is 5.91 Å². The molecule has 3 nitrogen and oxygen atoms in total. The first-order chi connectivity index (χ1) is 9.11. The minimum Gasteiger partial charge on any atom is -0.388 e. The lowest BCUT2D eigenvalue weighted by molar-refractivity contribution is 0.0944. The predicted octanol–water partition coefficient (Wildman–Crippen LogP) is 3.20. The Morgan fingerprint density at radius 2 is 2.16 bits per heavy atom. The molecule has 1 aliphatic rings. The van der Waals surface area contributed by atoms with Gasteiger partial charge in [0.2, 0.25) is 0 Å². The maximum atomic E-state index is 12.2. The van der Waals surface area contributed by atoms with Crippen LogP contribution >= 0.6 is 0 Å². The lowest BCUT2D eigenvalue weighted by atomic mass is 9.98. The summed E-state index contributed by atoms with van der Waals surface area (Å²) >= 11 is 0. The zero-order valence-electron chi connectivity index (χ0n) is 12.1. The van der Waals surface area contributed by atoms with Crippen LogP contribution in [0.4, 0.5) is 5.69 Å². The summed E-state index contributed by atoms with van der Waals surface area (Å²) in [6.45, 7) is 5.08. The van der Waals surface area contributed by atoms with Gasteiger partial charge in [-0.05, 0) is 48.9 Å². The number of carbonyl (C=O) groups excluding carboxylic acids is 1. The molecule has 2 unspecified atom stereocenters. The Balaban J connectivity index is 1.96. The lowest BCUT2D eigenvalue weighted by Crippen LogP contribution is -2.30. The Labute approximate surface area is 115 Å². The summed E-state index contributed by atoms with van der Waals surface area (Å²) in [5.74, 6) is 1.45. The van der Waals surface area contributed by atoms with Crippen molar-refractivity contribution in [2.24, 2.45) is 11.8 Å². The van der Waals surface area contributed by atoms with Crippen molar-refractivity contribution in [3.8, 4) is 0 Å². The van der Waals surface area contributed by atoms with E-state index in [9.17, 15) is 4.79 Å². The molecular formula is C16H24N2O. The zero-order chi connectivity index (χ0) is 13.8. The van der Waals surface area contributed by atoms with Gasteiger partial charge in [0.05, 0.1) is 0 Å². The Morgan fingerprint density at radius 1 is 1.37 bits per heavy atom. The summed E-state index contributed by atoms with van der Waals surface area (Å²) in [4.78, 5) is 12.2. The molecular weight excluding hydrogens is 236 g/mol. The number of hydrogen-bond donors (Lipinski definition) is 2. The van der Waals surface area contributed by atoms with Crippen LogP contribution in [-0.2, 0) is 0 Å². The van der Waals surface area contributed by atoms with E-state index in [2.05, 4.69) is 17.6 Å². The van der Waals surface area contributed by atoms with Gasteiger partial charge >= 0.3 is 0 Å².